The molecule has 0 aliphatic rings. The first-order valence-corrected chi connectivity index (χ1v) is 8.96. The van der Waals surface area contributed by atoms with Gasteiger partial charge in [-0.1, -0.05) is 20.8 Å². The molecule has 4 heteroatoms. The zero-order chi connectivity index (χ0) is 18.0. The van der Waals surface area contributed by atoms with Gasteiger partial charge in [0.2, 0.25) is 0 Å². The quantitative estimate of drug-likeness (QED) is 0.740. The van der Waals surface area contributed by atoms with E-state index in [4.69, 9.17) is 15.7 Å². The molecule has 0 saturated carbocycles. The summed E-state index contributed by atoms with van der Waals surface area (Å²) in [7, 11) is 0. The topological polar surface area (TPSA) is 64.7 Å². The standard InChI is InChI=1S/C21H26N4/c1-5-19-17-12-16(15-6-8-23-9-7-15)14(4)11-20(17)25-21(24-19)18(22)10-13(2)3/h6-9,11-13,18H,5,10,22H2,1-4H3. The molecule has 130 valence electrons. The van der Waals surface area contributed by atoms with Gasteiger partial charge in [-0.3, -0.25) is 4.98 Å². The Labute approximate surface area is 149 Å². The lowest BCUT2D eigenvalue weighted by Crippen LogP contribution is -2.17. The second-order valence-electron chi connectivity index (χ2n) is 7.04. The van der Waals surface area contributed by atoms with Crippen molar-refractivity contribution in [1.29, 1.82) is 0 Å². The predicted molar refractivity (Wildman–Crippen MR) is 103 cm³/mol. The zero-order valence-corrected chi connectivity index (χ0v) is 15.5. The summed E-state index contributed by atoms with van der Waals surface area (Å²) < 4.78 is 0. The van der Waals surface area contributed by atoms with Gasteiger partial charge >= 0.3 is 0 Å². The molecule has 0 aliphatic heterocycles. The van der Waals surface area contributed by atoms with Gasteiger partial charge in [-0.15, -0.1) is 0 Å². The van der Waals surface area contributed by atoms with Crippen molar-refractivity contribution in [2.45, 2.75) is 46.6 Å². The number of aromatic nitrogens is 3. The smallest absolute Gasteiger partial charge is 0.145 e. The van der Waals surface area contributed by atoms with Crippen molar-refractivity contribution in [3.8, 4) is 11.1 Å². The summed E-state index contributed by atoms with van der Waals surface area (Å²) in [5.41, 5.74) is 11.9. The van der Waals surface area contributed by atoms with Gasteiger partial charge in [-0.25, -0.2) is 9.97 Å². The van der Waals surface area contributed by atoms with Crippen LogP contribution in [0.4, 0.5) is 0 Å². The van der Waals surface area contributed by atoms with Crippen LogP contribution in [0.5, 0.6) is 0 Å². The maximum atomic E-state index is 6.34. The Hall–Kier alpha value is -2.33. The lowest BCUT2D eigenvalue weighted by molar-refractivity contribution is 0.493. The maximum Gasteiger partial charge on any atom is 0.145 e. The molecule has 3 rings (SSSR count). The molecular formula is C21H26N4. The number of hydrogen-bond acceptors (Lipinski definition) is 4. The van der Waals surface area contributed by atoms with Crippen molar-refractivity contribution in [3.05, 3.63) is 53.7 Å². The van der Waals surface area contributed by atoms with Crippen molar-refractivity contribution < 1.29 is 0 Å². The highest BCUT2D eigenvalue weighted by Gasteiger charge is 2.16. The van der Waals surface area contributed by atoms with Crippen LogP contribution in [0.25, 0.3) is 22.0 Å². The monoisotopic (exact) mass is 334 g/mol. The molecule has 0 fully saturated rings. The van der Waals surface area contributed by atoms with Crippen molar-refractivity contribution >= 4 is 10.9 Å². The maximum absolute atomic E-state index is 6.34. The summed E-state index contributed by atoms with van der Waals surface area (Å²) in [6.45, 7) is 8.60. The minimum absolute atomic E-state index is 0.116. The molecule has 0 spiro atoms. The van der Waals surface area contributed by atoms with E-state index in [0.717, 1.165) is 40.8 Å². The second kappa shape index (κ2) is 7.28. The van der Waals surface area contributed by atoms with Gasteiger partial charge in [0.25, 0.3) is 0 Å². The number of fused-ring (bicyclic) bond motifs is 1. The number of hydrogen-bond donors (Lipinski definition) is 1. The number of nitrogens with two attached hydrogens (primary N) is 1. The molecule has 0 radical (unpaired) electrons. The summed E-state index contributed by atoms with van der Waals surface area (Å²) in [5.74, 6) is 1.28. The number of rotatable bonds is 5. The summed E-state index contributed by atoms with van der Waals surface area (Å²) >= 11 is 0. The molecule has 1 unspecified atom stereocenters. The third-order valence-corrected chi connectivity index (χ3v) is 4.52. The van der Waals surface area contributed by atoms with E-state index < -0.39 is 0 Å². The Morgan fingerprint density at radius 2 is 1.80 bits per heavy atom. The van der Waals surface area contributed by atoms with Crippen LogP contribution in [-0.2, 0) is 6.42 Å². The summed E-state index contributed by atoms with van der Waals surface area (Å²) in [4.78, 5) is 13.7. The lowest BCUT2D eigenvalue weighted by atomic mass is 9.97. The Morgan fingerprint density at radius 3 is 2.44 bits per heavy atom. The van der Waals surface area contributed by atoms with Gasteiger partial charge in [-0.2, -0.15) is 0 Å². The molecular weight excluding hydrogens is 308 g/mol. The van der Waals surface area contributed by atoms with Gasteiger partial charge < -0.3 is 5.73 Å². The summed E-state index contributed by atoms with van der Waals surface area (Å²) in [5, 5.41) is 1.11. The Balaban J connectivity index is 2.14. The van der Waals surface area contributed by atoms with E-state index in [1.807, 2.05) is 24.5 Å². The van der Waals surface area contributed by atoms with Crippen LogP contribution in [0, 0.1) is 12.8 Å². The number of benzene rings is 1. The summed E-state index contributed by atoms with van der Waals surface area (Å²) in [6, 6.07) is 8.31. The van der Waals surface area contributed by atoms with Crippen molar-refractivity contribution in [3.63, 3.8) is 0 Å². The molecule has 1 atom stereocenters. The largest absolute Gasteiger partial charge is 0.321 e. The molecule has 0 aliphatic carbocycles. The molecule has 25 heavy (non-hydrogen) atoms. The Bertz CT molecular complexity index is 872. The van der Waals surface area contributed by atoms with Crippen LogP contribution in [-0.4, -0.2) is 15.0 Å². The normalized spacial score (nSPS) is 12.7. The van der Waals surface area contributed by atoms with E-state index in [2.05, 4.69) is 44.8 Å². The van der Waals surface area contributed by atoms with Crippen molar-refractivity contribution in [1.82, 2.24) is 15.0 Å². The van der Waals surface area contributed by atoms with E-state index >= 15 is 0 Å². The van der Waals surface area contributed by atoms with Crippen molar-refractivity contribution in [2.75, 3.05) is 0 Å². The lowest BCUT2D eigenvalue weighted by Gasteiger charge is -2.16. The average Bonchev–Trinajstić information content (AvgIpc) is 2.60. The van der Waals surface area contributed by atoms with E-state index in [1.54, 1.807) is 0 Å². The minimum atomic E-state index is -0.116. The minimum Gasteiger partial charge on any atom is -0.321 e. The molecule has 4 nitrogen and oxygen atoms in total. The zero-order valence-electron chi connectivity index (χ0n) is 15.5. The molecule has 3 aromatic rings. The molecule has 0 saturated heterocycles. The van der Waals surface area contributed by atoms with E-state index in [0.29, 0.717) is 5.92 Å². The highest BCUT2D eigenvalue weighted by molar-refractivity contribution is 5.88. The number of pyridine rings is 1. The number of nitrogens with zero attached hydrogens (tertiary/aromatic N) is 3. The van der Waals surface area contributed by atoms with Crippen LogP contribution in [0.2, 0.25) is 0 Å². The molecule has 2 N–H and O–H groups in total. The van der Waals surface area contributed by atoms with Crippen LogP contribution in [0.1, 0.15) is 50.3 Å². The highest BCUT2D eigenvalue weighted by Crippen LogP contribution is 2.30. The van der Waals surface area contributed by atoms with E-state index in [-0.39, 0.29) is 6.04 Å². The van der Waals surface area contributed by atoms with Gasteiger partial charge in [0.05, 0.1) is 17.3 Å². The molecule has 2 heterocycles. The van der Waals surface area contributed by atoms with Crippen LogP contribution in [0.15, 0.2) is 36.7 Å². The molecule has 1 aromatic carbocycles. The Morgan fingerprint density at radius 1 is 1.08 bits per heavy atom. The third kappa shape index (κ3) is 3.69. The Kier molecular flexibility index (Phi) is 5.09. The predicted octanol–water partition coefficient (Wildman–Crippen LogP) is 4.61. The fourth-order valence-corrected chi connectivity index (χ4v) is 3.25. The van der Waals surface area contributed by atoms with Crippen molar-refractivity contribution in [2.24, 2.45) is 11.7 Å². The van der Waals surface area contributed by atoms with Crippen LogP contribution >= 0.6 is 0 Å². The van der Waals surface area contributed by atoms with Gasteiger partial charge in [-0.05, 0) is 66.6 Å². The third-order valence-electron chi connectivity index (χ3n) is 4.52. The average molecular weight is 334 g/mol. The summed E-state index contributed by atoms with van der Waals surface area (Å²) in [6.07, 6.45) is 5.40. The highest BCUT2D eigenvalue weighted by atomic mass is 14.9. The van der Waals surface area contributed by atoms with E-state index in [1.165, 1.54) is 11.1 Å². The first-order chi connectivity index (χ1) is 12.0. The van der Waals surface area contributed by atoms with Gasteiger partial charge in [0, 0.05) is 17.8 Å². The molecule has 2 aromatic heterocycles. The molecule has 0 bridgehead atoms. The number of aryl methyl sites for hydroxylation is 2. The fraction of sp³-hybridized carbons (Fsp3) is 0.381. The molecule has 0 amide bonds. The second-order valence-corrected chi connectivity index (χ2v) is 7.04. The van der Waals surface area contributed by atoms with Crippen LogP contribution < -0.4 is 5.73 Å². The van der Waals surface area contributed by atoms with Gasteiger partial charge in [0.1, 0.15) is 5.82 Å². The SMILES string of the molecule is CCc1nc(C(N)CC(C)C)nc2cc(C)c(-c3ccncc3)cc12. The van der Waals surface area contributed by atoms with Crippen LogP contribution in [0.3, 0.4) is 0 Å². The fourth-order valence-electron chi connectivity index (χ4n) is 3.25. The van der Waals surface area contributed by atoms with Gasteiger partial charge in [0.15, 0.2) is 0 Å². The van der Waals surface area contributed by atoms with E-state index in [9.17, 15) is 0 Å². The first kappa shape index (κ1) is 17.5. The first-order valence-electron chi connectivity index (χ1n) is 8.96.